The zero-order valence-corrected chi connectivity index (χ0v) is 11.0. The molecule has 0 aliphatic carbocycles. The number of phenolic OH excluding ortho intramolecular Hbond substituents is 1. The van der Waals surface area contributed by atoms with Crippen molar-refractivity contribution in [3.8, 4) is 5.75 Å². The molecule has 0 radical (unpaired) electrons. The van der Waals surface area contributed by atoms with Crippen molar-refractivity contribution in [3.05, 3.63) is 35.7 Å². The molecule has 0 saturated carbocycles. The molecule has 5 nitrogen and oxygen atoms in total. The second-order valence-corrected chi connectivity index (χ2v) is 4.74. The van der Waals surface area contributed by atoms with Crippen molar-refractivity contribution in [2.75, 3.05) is 0 Å². The Kier molecular flexibility index (Phi) is 4.22. The highest BCUT2D eigenvalue weighted by molar-refractivity contribution is 7.98. The number of hydrogen-bond acceptors (Lipinski definition) is 5. The van der Waals surface area contributed by atoms with Crippen molar-refractivity contribution in [3.63, 3.8) is 0 Å². The largest absolute Gasteiger partial charge is 0.508 e. The smallest absolute Gasteiger partial charge is 0.191 e. The third-order valence-corrected chi connectivity index (χ3v) is 3.63. The van der Waals surface area contributed by atoms with E-state index in [0.717, 1.165) is 28.8 Å². The molecule has 0 aliphatic rings. The lowest BCUT2D eigenvalue weighted by Crippen LogP contribution is -2.08. The quantitative estimate of drug-likeness (QED) is 0.805. The zero-order chi connectivity index (χ0) is 13.0. The van der Waals surface area contributed by atoms with E-state index < -0.39 is 0 Å². The molecule has 0 aliphatic heterocycles. The van der Waals surface area contributed by atoms with Gasteiger partial charge < -0.3 is 15.4 Å². The fourth-order valence-electron chi connectivity index (χ4n) is 1.63. The minimum absolute atomic E-state index is 0.283. The van der Waals surface area contributed by atoms with Crippen LogP contribution in [-0.2, 0) is 18.8 Å². The molecule has 0 saturated heterocycles. The Bertz CT molecular complexity index is 509. The van der Waals surface area contributed by atoms with E-state index in [1.54, 1.807) is 23.9 Å². The van der Waals surface area contributed by atoms with Crippen molar-refractivity contribution < 1.29 is 5.11 Å². The van der Waals surface area contributed by atoms with Gasteiger partial charge in [-0.05, 0) is 24.6 Å². The fraction of sp³-hybridized carbons (Fsp3) is 0.333. The summed E-state index contributed by atoms with van der Waals surface area (Å²) in [4.78, 5) is 0. The monoisotopic (exact) mass is 264 g/mol. The molecule has 0 fully saturated rings. The second-order valence-electron chi connectivity index (χ2n) is 3.80. The lowest BCUT2D eigenvalue weighted by Gasteiger charge is -2.05. The van der Waals surface area contributed by atoms with E-state index in [1.165, 1.54) is 0 Å². The average molecular weight is 264 g/mol. The predicted molar refractivity (Wildman–Crippen MR) is 71.3 cm³/mol. The van der Waals surface area contributed by atoms with Gasteiger partial charge >= 0.3 is 0 Å². The summed E-state index contributed by atoms with van der Waals surface area (Å²) in [5.74, 6) is 1.89. The van der Waals surface area contributed by atoms with Gasteiger partial charge in [-0.3, -0.25) is 0 Å². The van der Waals surface area contributed by atoms with Gasteiger partial charge in [0.05, 0.1) is 6.54 Å². The summed E-state index contributed by atoms with van der Waals surface area (Å²) < 4.78 is 2.02. The number of rotatable bonds is 5. The topological polar surface area (TPSA) is 77.0 Å². The summed E-state index contributed by atoms with van der Waals surface area (Å²) in [5.41, 5.74) is 6.74. The average Bonchev–Trinajstić information content (AvgIpc) is 2.80. The van der Waals surface area contributed by atoms with Gasteiger partial charge in [0.2, 0.25) is 0 Å². The highest BCUT2D eigenvalue weighted by Crippen LogP contribution is 2.22. The Morgan fingerprint density at radius 2 is 2.00 bits per heavy atom. The Labute approximate surface area is 110 Å². The molecule has 6 heteroatoms. The third-order valence-electron chi connectivity index (χ3n) is 2.60. The van der Waals surface area contributed by atoms with Crippen LogP contribution in [0.15, 0.2) is 29.4 Å². The van der Waals surface area contributed by atoms with Crippen LogP contribution >= 0.6 is 11.8 Å². The van der Waals surface area contributed by atoms with Crippen LogP contribution in [-0.4, -0.2) is 19.9 Å². The molecule has 0 bridgehead atoms. The summed E-state index contributed by atoms with van der Waals surface area (Å²) >= 11 is 1.62. The van der Waals surface area contributed by atoms with Crippen LogP contribution in [0.25, 0.3) is 0 Å². The van der Waals surface area contributed by atoms with Crippen LogP contribution in [0.2, 0.25) is 0 Å². The van der Waals surface area contributed by atoms with Crippen molar-refractivity contribution >= 4 is 11.8 Å². The number of phenols is 1. The van der Waals surface area contributed by atoms with E-state index in [9.17, 15) is 5.11 Å². The first-order valence-corrected chi connectivity index (χ1v) is 6.76. The number of nitrogens with zero attached hydrogens (tertiary/aromatic N) is 3. The summed E-state index contributed by atoms with van der Waals surface area (Å²) in [6, 6.07) is 7.18. The standard InChI is InChI=1S/C12H16N4OS/c1-2-16-11(7-13)14-15-12(16)18-8-9-3-5-10(17)6-4-9/h3-6,17H,2,7-8,13H2,1H3. The first-order valence-electron chi connectivity index (χ1n) is 5.77. The summed E-state index contributed by atoms with van der Waals surface area (Å²) in [7, 11) is 0. The third kappa shape index (κ3) is 2.83. The molecule has 1 aromatic carbocycles. The van der Waals surface area contributed by atoms with Crippen molar-refractivity contribution in [2.45, 2.75) is 30.9 Å². The highest BCUT2D eigenvalue weighted by atomic mass is 32.2. The molecule has 0 unspecified atom stereocenters. The molecular weight excluding hydrogens is 248 g/mol. The Morgan fingerprint density at radius 1 is 1.28 bits per heavy atom. The Balaban J connectivity index is 2.06. The van der Waals surface area contributed by atoms with Crippen molar-refractivity contribution in [2.24, 2.45) is 5.73 Å². The first-order chi connectivity index (χ1) is 8.74. The lowest BCUT2D eigenvalue weighted by molar-refractivity contribution is 0.475. The Morgan fingerprint density at radius 3 is 2.61 bits per heavy atom. The maximum absolute atomic E-state index is 9.21. The number of thioether (sulfide) groups is 1. The maximum atomic E-state index is 9.21. The van der Waals surface area contributed by atoms with Gasteiger partial charge in [-0.2, -0.15) is 0 Å². The minimum atomic E-state index is 0.283. The molecular formula is C12H16N4OS. The van der Waals surface area contributed by atoms with E-state index in [4.69, 9.17) is 5.73 Å². The number of hydrogen-bond donors (Lipinski definition) is 2. The molecule has 2 aromatic rings. The van der Waals surface area contributed by atoms with Crippen LogP contribution in [0, 0.1) is 0 Å². The molecule has 96 valence electrons. The van der Waals surface area contributed by atoms with Crippen LogP contribution in [0.5, 0.6) is 5.75 Å². The van der Waals surface area contributed by atoms with Gasteiger partial charge in [-0.25, -0.2) is 0 Å². The number of aromatic hydroxyl groups is 1. The molecule has 1 heterocycles. The lowest BCUT2D eigenvalue weighted by atomic mass is 10.2. The van der Waals surface area contributed by atoms with Gasteiger partial charge in [-0.15, -0.1) is 10.2 Å². The fourth-order valence-corrected chi connectivity index (χ4v) is 2.61. The Hall–Kier alpha value is -1.53. The van der Waals surface area contributed by atoms with Crippen LogP contribution in [0.3, 0.4) is 0 Å². The van der Waals surface area contributed by atoms with Crippen molar-refractivity contribution in [1.82, 2.24) is 14.8 Å². The van der Waals surface area contributed by atoms with Gasteiger partial charge in [0.15, 0.2) is 5.16 Å². The van der Waals surface area contributed by atoms with Crippen LogP contribution < -0.4 is 5.73 Å². The molecule has 3 N–H and O–H groups in total. The molecule has 2 rings (SSSR count). The predicted octanol–water partition coefficient (Wildman–Crippen LogP) is 1.75. The normalized spacial score (nSPS) is 10.8. The van der Waals surface area contributed by atoms with E-state index in [0.29, 0.717) is 6.54 Å². The van der Waals surface area contributed by atoms with E-state index in [2.05, 4.69) is 10.2 Å². The molecule has 18 heavy (non-hydrogen) atoms. The van der Waals surface area contributed by atoms with Crippen LogP contribution in [0.1, 0.15) is 18.3 Å². The van der Waals surface area contributed by atoms with Crippen LogP contribution in [0.4, 0.5) is 0 Å². The summed E-state index contributed by atoms with van der Waals surface area (Å²) in [6.45, 7) is 3.27. The first kappa shape index (κ1) is 12.9. The second kappa shape index (κ2) is 5.88. The molecule has 0 atom stereocenters. The number of benzene rings is 1. The van der Waals surface area contributed by atoms with E-state index in [1.807, 2.05) is 23.6 Å². The van der Waals surface area contributed by atoms with Gasteiger partial charge in [-0.1, -0.05) is 23.9 Å². The minimum Gasteiger partial charge on any atom is -0.508 e. The zero-order valence-electron chi connectivity index (χ0n) is 10.2. The highest BCUT2D eigenvalue weighted by Gasteiger charge is 2.09. The number of nitrogens with two attached hydrogens (primary N) is 1. The van der Waals surface area contributed by atoms with Crippen molar-refractivity contribution in [1.29, 1.82) is 0 Å². The molecule has 0 amide bonds. The maximum Gasteiger partial charge on any atom is 0.191 e. The van der Waals surface area contributed by atoms with E-state index >= 15 is 0 Å². The summed E-state index contributed by atoms with van der Waals surface area (Å²) in [5, 5.41) is 18.3. The van der Waals surface area contributed by atoms with E-state index in [-0.39, 0.29) is 5.75 Å². The van der Waals surface area contributed by atoms with Gasteiger partial charge in [0.25, 0.3) is 0 Å². The number of aromatic nitrogens is 3. The van der Waals surface area contributed by atoms with Gasteiger partial charge in [0.1, 0.15) is 11.6 Å². The van der Waals surface area contributed by atoms with Gasteiger partial charge in [0, 0.05) is 12.3 Å². The summed E-state index contributed by atoms with van der Waals surface area (Å²) in [6.07, 6.45) is 0. The molecule has 0 spiro atoms. The SMILES string of the molecule is CCn1c(CN)nnc1SCc1ccc(O)cc1. The molecule has 1 aromatic heterocycles.